The third kappa shape index (κ3) is 3.03. The maximum absolute atomic E-state index is 6.31. The number of halogens is 1. The first-order chi connectivity index (χ1) is 13.3. The summed E-state index contributed by atoms with van der Waals surface area (Å²) in [6.07, 6.45) is 0. The molecule has 0 spiro atoms. The molecule has 0 saturated heterocycles. The Kier molecular flexibility index (Phi) is 3.80. The number of nitrogens with zero attached hydrogens (tertiary/aromatic N) is 3. The lowest BCUT2D eigenvalue weighted by molar-refractivity contribution is 1.15. The summed E-state index contributed by atoms with van der Waals surface area (Å²) >= 11 is 6.31. The molecular formula is C23H14ClN3. The topological polar surface area (TPSA) is 38.7 Å². The third-order valence-corrected chi connectivity index (χ3v) is 4.76. The van der Waals surface area contributed by atoms with Crippen molar-refractivity contribution in [3.05, 3.63) is 90.1 Å². The van der Waals surface area contributed by atoms with Crippen LogP contribution in [0.1, 0.15) is 0 Å². The van der Waals surface area contributed by atoms with Crippen LogP contribution in [-0.2, 0) is 0 Å². The average Bonchev–Trinajstić information content (AvgIpc) is 2.72. The van der Waals surface area contributed by atoms with Crippen LogP contribution in [0.5, 0.6) is 0 Å². The molecule has 5 aromatic rings. The monoisotopic (exact) mass is 367 g/mol. The van der Waals surface area contributed by atoms with E-state index in [2.05, 4.69) is 40.3 Å². The van der Waals surface area contributed by atoms with Crippen molar-refractivity contribution in [2.24, 2.45) is 0 Å². The number of fused-ring (bicyclic) bond motifs is 2. The van der Waals surface area contributed by atoms with Crippen LogP contribution >= 0.6 is 11.6 Å². The Morgan fingerprint density at radius 2 is 1.30 bits per heavy atom. The van der Waals surface area contributed by atoms with Crippen molar-refractivity contribution in [3.8, 4) is 22.8 Å². The summed E-state index contributed by atoms with van der Waals surface area (Å²) in [6.45, 7) is 0. The van der Waals surface area contributed by atoms with Gasteiger partial charge in [0.25, 0.3) is 0 Å². The van der Waals surface area contributed by atoms with Gasteiger partial charge in [0.1, 0.15) is 10.8 Å². The molecule has 0 atom stereocenters. The van der Waals surface area contributed by atoms with Crippen LogP contribution in [0.4, 0.5) is 0 Å². The molecule has 0 radical (unpaired) electrons. The van der Waals surface area contributed by atoms with E-state index in [-0.39, 0.29) is 0 Å². The number of hydrogen-bond donors (Lipinski definition) is 0. The molecule has 0 fully saturated rings. The first kappa shape index (κ1) is 15.9. The number of hydrogen-bond acceptors (Lipinski definition) is 3. The van der Waals surface area contributed by atoms with E-state index in [1.54, 1.807) is 6.07 Å². The van der Waals surface area contributed by atoms with Gasteiger partial charge in [-0.15, -0.1) is 0 Å². The van der Waals surface area contributed by atoms with Crippen molar-refractivity contribution in [2.75, 3.05) is 0 Å². The molecule has 0 N–H and O–H groups in total. The van der Waals surface area contributed by atoms with Crippen molar-refractivity contribution < 1.29 is 0 Å². The Labute approximate surface area is 161 Å². The van der Waals surface area contributed by atoms with Crippen molar-refractivity contribution >= 4 is 33.3 Å². The first-order valence-corrected chi connectivity index (χ1v) is 9.04. The quantitative estimate of drug-likeness (QED) is 0.350. The van der Waals surface area contributed by atoms with E-state index in [0.29, 0.717) is 16.7 Å². The molecule has 4 heteroatoms. The third-order valence-electron chi connectivity index (χ3n) is 4.57. The van der Waals surface area contributed by atoms with E-state index in [1.807, 2.05) is 48.5 Å². The highest BCUT2D eigenvalue weighted by atomic mass is 35.5. The normalized spacial score (nSPS) is 11.1. The van der Waals surface area contributed by atoms with Crippen LogP contribution < -0.4 is 0 Å². The summed E-state index contributed by atoms with van der Waals surface area (Å²) in [5, 5.41) is 3.84. The predicted molar refractivity (Wildman–Crippen MR) is 111 cm³/mol. The Bertz CT molecular complexity index is 1200. The largest absolute Gasteiger partial charge is 0.244 e. The van der Waals surface area contributed by atoms with Crippen LogP contribution in [0.2, 0.25) is 5.15 Å². The van der Waals surface area contributed by atoms with Gasteiger partial charge >= 0.3 is 0 Å². The molecule has 5 rings (SSSR count). The maximum Gasteiger partial charge on any atom is 0.180 e. The van der Waals surface area contributed by atoms with Crippen LogP contribution in [0.15, 0.2) is 84.9 Å². The minimum absolute atomic E-state index is 0.401. The highest BCUT2D eigenvalue weighted by Gasteiger charge is 2.10. The molecular weight excluding hydrogens is 354 g/mol. The lowest BCUT2D eigenvalue weighted by Crippen LogP contribution is -1.95. The highest BCUT2D eigenvalue weighted by Crippen LogP contribution is 2.27. The van der Waals surface area contributed by atoms with Gasteiger partial charge in [0.2, 0.25) is 0 Å². The van der Waals surface area contributed by atoms with Crippen molar-refractivity contribution in [1.82, 2.24) is 15.0 Å². The minimum Gasteiger partial charge on any atom is -0.244 e. The Morgan fingerprint density at radius 1 is 0.556 bits per heavy atom. The van der Waals surface area contributed by atoms with Gasteiger partial charge in [-0.2, -0.15) is 0 Å². The van der Waals surface area contributed by atoms with Gasteiger partial charge in [-0.05, 0) is 29.0 Å². The number of benzene rings is 3. The lowest BCUT2D eigenvalue weighted by atomic mass is 10.0. The van der Waals surface area contributed by atoms with Crippen molar-refractivity contribution in [3.63, 3.8) is 0 Å². The summed E-state index contributed by atoms with van der Waals surface area (Å²) in [5.74, 6) is 0.524. The number of aromatic nitrogens is 3. The smallest absolute Gasteiger partial charge is 0.180 e. The van der Waals surface area contributed by atoms with Crippen LogP contribution in [0.25, 0.3) is 44.5 Å². The van der Waals surface area contributed by atoms with E-state index >= 15 is 0 Å². The fourth-order valence-electron chi connectivity index (χ4n) is 3.22. The van der Waals surface area contributed by atoms with Gasteiger partial charge in [0.15, 0.2) is 5.82 Å². The van der Waals surface area contributed by atoms with Gasteiger partial charge in [0, 0.05) is 17.0 Å². The van der Waals surface area contributed by atoms with Crippen molar-refractivity contribution in [1.29, 1.82) is 0 Å². The summed E-state index contributed by atoms with van der Waals surface area (Å²) in [5.41, 5.74) is 3.40. The molecule has 2 aromatic heterocycles. The second kappa shape index (κ2) is 6.45. The Morgan fingerprint density at radius 3 is 2.19 bits per heavy atom. The molecule has 0 bridgehead atoms. The molecule has 128 valence electrons. The van der Waals surface area contributed by atoms with Gasteiger partial charge in [-0.1, -0.05) is 72.3 Å². The van der Waals surface area contributed by atoms with Crippen LogP contribution in [0, 0.1) is 0 Å². The molecule has 3 nitrogen and oxygen atoms in total. The van der Waals surface area contributed by atoms with Crippen LogP contribution in [0.3, 0.4) is 0 Å². The second-order valence-electron chi connectivity index (χ2n) is 6.35. The molecule has 2 heterocycles. The molecule has 0 unspecified atom stereocenters. The zero-order valence-corrected chi connectivity index (χ0v) is 15.1. The molecule has 0 aliphatic rings. The zero-order valence-electron chi connectivity index (χ0n) is 14.3. The molecule has 3 aromatic carbocycles. The average molecular weight is 368 g/mol. The summed E-state index contributed by atoms with van der Waals surface area (Å²) in [7, 11) is 0. The van der Waals surface area contributed by atoms with E-state index < -0.39 is 0 Å². The molecule has 27 heavy (non-hydrogen) atoms. The van der Waals surface area contributed by atoms with Gasteiger partial charge < -0.3 is 0 Å². The minimum atomic E-state index is 0.401. The second-order valence-corrected chi connectivity index (χ2v) is 6.74. The highest BCUT2D eigenvalue weighted by molar-refractivity contribution is 6.29. The maximum atomic E-state index is 6.31. The number of rotatable bonds is 2. The summed E-state index contributed by atoms with van der Waals surface area (Å²) in [4.78, 5) is 13.8. The van der Waals surface area contributed by atoms with Gasteiger partial charge in [-0.3, -0.25) is 0 Å². The molecule has 0 saturated carbocycles. The SMILES string of the molecule is Clc1cc(-c2ccc3ccccc3c2)nc(-c2ccc3ccccc3n2)n1. The standard InChI is InChI=1S/C23H14ClN3/c24-22-14-21(18-10-9-15-5-1-2-7-17(15)13-18)26-23(27-22)20-12-11-16-6-3-4-8-19(16)25-20/h1-14H. The van der Waals surface area contributed by atoms with E-state index in [9.17, 15) is 0 Å². The van der Waals surface area contributed by atoms with E-state index in [1.165, 1.54) is 5.39 Å². The first-order valence-electron chi connectivity index (χ1n) is 8.66. The fourth-order valence-corrected chi connectivity index (χ4v) is 3.40. The number of para-hydroxylation sites is 1. The van der Waals surface area contributed by atoms with E-state index in [4.69, 9.17) is 16.6 Å². The Balaban J connectivity index is 1.64. The van der Waals surface area contributed by atoms with Gasteiger partial charge in [-0.25, -0.2) is 15.0 Å². The van der Waals surface area contributed by atoms with Crippen LogP contribution in [-0.4, -0.2) is 15.0 Å². The molecule has 0 aliphatic carbocycles. The van der Waals surface area contributed by atoms with Crippen molar-refractivity contribution in [2.45, 2.75) is 0 Å². The van der Waals surface area contributed by atoms with Gasteiger partial charge in [0.05, 0.1) is 11.2 Å². The lowest BCUT2D eigenvalue weighted by Gasteiger charge is -2.07. The molecule has 0 amide bonds. The zero-order chi connectivity index (χ0) is 18.2. The Hall–Kier alpha value is -3.30. The fraction of sp³-hybridized carbons (Fsp3) is 0. The molecule has 0 aliphatic heterocycles. The predicted octanol–water partition coefficient (Wildman–Crippen LogP) is 6.17. The summed E-state index contributed by atoms with van der Waals surface area (Å²) in [6, 6.07) is 28.2. The van der Waals surface area contributed by atoms with E-state index in [0.717, 1.165) is 27.5 Å². The number of pyridine rings is 1. The summed E-state index contributed by atoms with van der Waals surface area (Å²) < 4.78 is 0.